The van der Waals surface area contributed by atoms with Crippen molar-refractivity contribution in [2.24, 2.45) is 11.7 Å². The Balaban J connectivity index is 5.35. The van der Waals surface area contributed by atoms with Gasteiger partial charge in [-0.2, -0.15) is 24.4 Å². The number of rotatable bonds is 15. The Kier molecular flexibility index (Phi) is 14.0. The molecule has 4 atom stereocenters. The van der Waals surface area contributed by atoms with Gasteiger partial charge in [0.1, 0.15) is 18.1 Å². The number of hydrogen-bond donors (Lipinski definition) is 7. The Morgan fingerprint density at radius 1 is 0.935 bits per heavy atom. The average molecular weight is 481 g/mol. The third kappa shape index (κ3) is 11.3. The van der Waals surface area contributed by atoms with Gasteiger partial charge in [-0.1, -0.05) is 13.8 Å². The first-order valence-electron chi connectivity index (χ1n) is 9.65. The van der Waals surface area contributed by atoms with Gasteiger partial charge in [0.2, 0.25) is 17.7 Å². The molecule has 3 amide bonds. The molecule has 4 unspecified atom stereocenters. The molecule has 0 spiro atoms. The fourth-order valence-corrected chi connectivity index (χ4v) is 3.16. The molecule has 0 rings (SSSR count). The minimum atomic E-state index is -1.32. The van der Waals surface area contributed by atoms with Gasteiger partial charge in [-0.05, 0) is 30.8 Å². The van der Waals surface area contributed by atoms with Crippen LogP contribution in [0.15, 0.2) is 0 Å². The molecule has 0 saturated carbocycles. The van der Waals surface area contributed by atoms with Crippen molar-refractivity contribution in [2.45, 2.75) is 57.3 Å². The summed E-state index contributed by atoms with van der Waals surface area (Å²) in [6.45, 7) is 3.37. The van der Waals surface area contributed by atoms with Gasteiger partial charge in [-0.15, -0.1) is 0 Å². The zero-order chi connectivity index (χ0) is 24.1. The van der Waals surface area contributed by atoms with Gasteiger partial charge in [0.15, 0.2) is 0 Å². The largest absolute Gasteiger partial charge is 0.481 e. The molecule has 0 aromatic heterocycles. The van der Waals surface area contributed by atoms with Crippen LogP contribution in [0.5, 0.6) is 0 Å². The highest BCUT2D eigenvalue weighted by atomic mass is 32.2. The van der Waals surface area contributed by atoms with E-state index in [1.165, 1.54) is 11.8 Å². The van der Waals surface area contributed by atoms with Crippen molar-refractivity contribution >= 4 is 54.1 Å². The van der Waals surface area contributed by atoms with Crippen LogP contribution in [0.1, 0.15) is 33.1 Å². The lowest BCUT2D eigenvalue weighted by molar-refractivity contribution is -0.142. The van der Waals surface area contributed by atoms with Crippen molar-refractivity contribution in [1.29, 1.82) is 0 Å². The van der Waals surface area contributed by atoms with E-state index in [-0.39, 0.29) is 18.1 Å². The highest BCUT2D eigenvalue weighted by molar-refractivity contribution is 7.98. The molecule has 0 bridgehead atoms. The first-order chi connectivity index (χ1) is 14.4. The molecule has 0 aliphatic heterocycles. The average Bonchev–Trinajstić information content (AvgIpc) is 2.69. The van der Waals surface area contributed by atoms with E-state index in [9.17, 15) is 24.0 Å². The van der Waals surface area contributed by atoms with Crippen molar-refractivity contribution in [1.82, 2.24) is 16.0 Å². The SMILES string of the molecule is CSCCC(N)C(=O)NC(C(=O)NC(CCC(=O)O)C(=O)NC(CS)C(=O)O)C(C)C. The van der Waals surface area contributed by atoms with E-state index in [1.54, 1.807) is 13.8 Å². The maximum absolute atomic E-state index is 12.8. The summed E-state index contributed by atoms with van der Waals surface area (Å²) in [4.78, 5) is 59.6. The quantitative estimate of drug-likeness (QED) is 0.145. The summed E-state index contributed by atoms with van der Waals surface area (Å²) in [5.41, 5.74) is 5.83. The molecular weight excluding hydrogens is 448 g/mol. The van der Waals surface area contributed by atoms with E-state index in [1.807, 2.05) is 6.26 Å². The molecular formula is C18H32N4O7S2. The van der Waals surface area contributed by atoms with Crippen LogP contribution in [-0.4, -0.2) is 81.8 Å². The lowest BCUT2D eigenvalue weighted by Gasteiger charge is -2.26. The number of hydrogen-bond acceptors (Lipinski definition) is 8. The van der Waals surface area contributed by atoms with E-state index in [0.717, 1.165) is 0 Å². The Hall–Kier alpha value is -1.99. The molecule has 0 radical (unpaired) electrons. The fourth-order valence-electron chi connectivity index (χ4n) is 2.43. The van der Waals surface area contributed by atoms with Gasteiger partial charge in [-0.3, -0.25) is 19.2 Å². The summed E-state index contributed by atoms with van der Waals surface area (Å²) in [5, 5.41) is 25.2. The summed E-state index contributed by atoms with van der Waals surface area (Å²) in [7, 11) is 0. The van der Waals surface area contributed by atoms with E-state index in [2.05, 4.69) is 28.6 Å². The van der Waals surface area contributed by atoms with Crippen molar-refractivity contribution in [3.63, 3.8) is 0 Å². The van der Waals surface area contributed by atoms with Crippen LogP contribution in [0.4, 0.5) is 0 Å². The molecule has 0 aliphatic carbocycles. The highest BCUT2D eigenvalue weighted by Crippen LogP contribution is 2.07. The Morgan fingerprint density at radius 3 is 1.97 bits per heavy atom. The zero-order valence-electron chi connectivity index (χ0n) is 17.8. The number of carboxylic acid groups (broad SMARTS) is 2. The third-order valence-electron chi connectivity index (χ3n) is 4.29. The summed E-state index contributed by atoms with van der Waals surface area (Å²) in [5.74, 6) is -4.48. The molecule has 0 saturated heterocycles. The predicted molar refractivity (Wildman–Crippen MR) is 120 cm³/mol. The van der Waals surface area contributed by atoms with Crippen LogP contribution in [0, 0.1) is 5.92 Å². The Labute approximate surface area is 191 Å². The van der Waals surface area contributed by atoms with Crippen molar-refractivity contribution in [2.75, 3.05) is 17.8 Å². The molecule has 13 heteroatoms. The summed E-state index contributed by atoms with van der Waals surface area (Å²) in [6.07, 6.45) is 1.59. The first kappa shape index (κ1) is 29.0. The number of aliphatic carboxylic acids is 2. The number of nitrogens with one attached hydrogen (secondary N) is 3. The third-order valence-corrected chi connectivity index (χ3v) is 5.30. The Bertz CT molecular complexity index is 648. The molecule has 0 fully saturated rings. The highest BCUT2D eigenvalue weighted by Gasteiger charge is 2.31. The smallest absolute Gasteiger partial charge is 0.327 e. The van der Waals surface area contributed by atoms with Crippen molar-refractivity contribution < 1.29 is 34.2 Å². The van der Waals surface area contributed by atoms with Gasteiger partial charge >= 0.3 is 11.9 Å². The summed E-state index contributed by atoms with van der Waals surface area (Å²) in [6, 6.07) is -4.45. The topological polar surface area (TPSA) is 188 Å². The van der Waals surface area contributed by atoms with E-state index in [0.29, 0.717) is 12.2 Å². The number of carboxylic acids is 2. The van der Waals surface area contributed by atoms with Gasteiger partial charge in [0.05, 0.1) is 6.04 Å². The zero-order valence-corrected chi connectivity index (χ0v) is 19.5. The molecule has 31 heavy (non-hydrogen) atoms. The van der Waals surface area contributed by atoms with Crippen LogP contribution in [0.3, 0.4) is 0 Å². The summed E-state index contributed by atoms with van der Waals surface area (Å²) < 4.78 is 0. The van der Waals surface area contributed by atoms with Crippen LogP contribution in [-0.2, 0) is 24.0 Å². The van der Waals surface area contributed by atoms with Crippen molar-refractivity contribution in [3.05, 3.63) is 0 Å². The number of thiol groups is 1. The normalized spacial score (nSPS) is 14.8. The number of carbonyl (C=O) groups excluding carboxylic acids is 3. The van der Waals surface area contributed by atoms with E-state index in [4.69, 9.17) is 15.9 Å². The van der Waals surface area contributed by atoms with E-state index < -0.39 is 60.2 Å². The maximum atomic E-state index is 12.8. The molecule has 0 aliphatic rings. The van der Waals surface area contributed by atoms with Crippen LogP contribution < -0.4 is 21.7 Å². The molecule has 0 aromatic rings. The lowest BCUT2D eigenvalue weighted by Crippen LogP contribution is -2.58. The second kappa shape index (κ2) is 14.9. The lowest BCUT2D eigenvalue weighted by atomic mass is 10.0. The number of thioether (sulfide) groups is 1. The predicted octanol–water partition coefficient (Wildman–Crippen LogP) is -0.944. The minimum Gasteiger partial charge on any atom is -0.481 e. The van der Waals surface area contributed by atoms with Crippen LogP contribution in [0.25, 0.3) is 0 Å². The van der Waals surface area contributed by atoms with Gasteiger partial charge in [0, 0.05) is 12.2 Å². The molecule has 11 nitrogen and oxygen atoms in total. The van der Waals surface area contributed by atoms with Crippen molar-refractivity contribution in [3.8, 4) is 0 Å². The second-order valence-corrected chi connectivity index (χ2v) is 8.54. The second-order valence-electron chi connectivity index (χ2n) is 7.19. The van der Waals surface area contributed by atoms with Gasteiger partial charge in [0.25, 0.3) is 0 Å². The first-order valence-corrected chi connectivity index (χ1v) is 11.7. The minimum absolute atomic E-state index is 0.195. The van der Waals surface area contributed by atoms with E-state index >= 15 is 0 Å². The Morgan fingerprint density at radius 2 is 1.52 bits per heavy atom. The summed E-state index contributed by atoms with van der Waals surface area (Å²) >= 11 is 5.38. The maximum Gasteiger partial charge on any atom is 0.327 e. The van der Waals surface area contributed by atoms with Crippen LogP contribution in [0.2, 0.25) is 0 Å². The number of nitrogens with two attached hydrogens (primary N) is 1. The number of amides is 3. The fraction of sp³-hybridized carbons (Fsp3) is 0.722. The van der Waals surface area contributed by atoms with Gasteiger partial charge < -0.3 is 31.9 Å². The standard InChI is InChI=1S/C18H32N4O7S2/c1-9(2)14(22-15(25)10(19)6-7-31-3)17(27)20-11(4-5-13(23)24)16(26)21-12(8-30)18(28)29/h9-12,14,30H,4-8,19H2,1-3H3,(H,20,27)(H,21,26)(H,22,25)(H,23,24)(H,28,29). The molecule has 7 N–H and O–H groups in total. The monoisotopic (exact) mass is 480 g/mol. The molecule has 0 heterocycles. The van der Waals surface area contributed by atoms with Crippen LogP contribution >= 0.6 is 24.4 Å². The molecule has 0 aromatic carbocycles. The van der Waals surface area contributed by atoms with Gasteiger partial charge in [-0.25, -0.2) is 4.79 Å². The molecule has 178 valence electrons. The number of carbonyl (C=O) groups is 5.